The van der Waals surface area contributed by atoms with Gasteiger partial charge < -0.3 is 9.67 Å². The van der Waals surface area contributed by atoms with Crippen LogP contribution >= 0.6 is 0 Å². The molecule has 1 aromatic heterocycles. The van der Waals surface area contributed by atoms with Gasteiger partial charge in [0, 0.05) is 18.9 Å². The Bertz CT molecular complexity index is 370. The van der Waals surface area contributed by atoms with Crippen LogP contribution in [0.25, 0.3) is 0 Å². The lowest BCUT2D eigenvalue weighted by Gasteiger charge is -2.41. The van der Waals surface area contributed by atoms with Crippen LogP contribution in [0.3, 0.4) is 0 Å². The lowest BCUT2D eigenvalue weighted by Crippen LogP contribution is -2.33. The maximum Gasteiger partial charge on any atom is 0.137 e. The molecule has 0 spiro atoms. The van der Waals surface area contributed by atoms with Crippen molar-refractivity contribution in [2.24, 2.45) is 11.3 Å². The SMILES string of the molecule is CCn1ccnc1C(O)C1CCCCC1(C)C. The van der Waals surface area contributed by atoms with Gasteiger partial charge in [-0.25, -0.2) is 4.98 Å². The standard InChI is InChI=1S/C14H24N2O/c1-4-16-10-9-15-13(16)12(17)11-7-5-6-8-14(11,2)3/h9-12,17H,4-8H2,1-3H3. The van der Waals surface area contributed by atoms with Crippen molar-refractivity contribution in [3.05, 3.63) is 18.2 Å². The van der Waals surface area contributed by atoms with Crippen LogP contribution in [0.4, 0.5) is 0 Å². The van der Waals surface area contributed by atoms with Crippen molar-refractivity contribution in [2.75, 3.05) is 0 Å². The summed E-state index contributed by atoms with van der Waals surface area (Å²) >= 11 is 0. The molecule has 0 bridgehead atoms. The topological polar surface area (TPSA) is 38.0 Å². The first-order valence-corrected chi connectivity index (χ1v) is 6.75. The highest BCUT2D eigenvalue weighted by atomic mass is 16.3. The van der Waals surface area contributed by atoms with Crippen LogP contribution in [0.15, 0.2) is 12.4 Å². The highest BCUT2D eigenvalue weighted by molar-refractivity contribution is 5.01. The first-order chi connectivity index (χ1) is 8.06. The zero-order valence-electron chi connectivity index (χ0n) is 11.2. The molecule has 0 aliphatic heterocycles. The van der Waals surface area contributed by atoms with Gasteiger partial charge in [0.25, 0.3) is 0 Å². The van der Waals surface area contributed by atoms with E-state index in [4.69, 9.17) is 0 Å². The summed E-state index contributed by atoms with van der Waals surface area (Å²) in [7, 11) is 0. The van der Waals surface area contributed by atoms with Gasteiger partial charge in [-0.3, -0.25) is 0 Å². The molecule has 0 saturated heterocycles. The highest BCUT2D eigenvalue weighted by Crippen LogP contribution is 2.46. The summed E-state index contributed by atoms with van der Waals surface area (Å²) in [6, 6.07) is 0. The van der Waals surface area contributed by atoms with Crippen molar-refractivity contribution >= 4 is 0 Å². The van der Waals surface area contributed by atoms with Crippen molar-refractivity contribution in [2.45, 2.75) is 59.1 Å². The lowest BCUT2D eigenvalue weighted by molar-refractivity contribution is -0.00291. The van der Waals surface area contributed by atoms with Crippen LogP contribution in [-0.4, -0.2) is 14.7 Å². The Hall–Kier alpha value is -0.830. The average Bonchev–Trinajstić information content (AvgIpc) is 2.75. The minimum absolute atomic E-state index is 0.224. The van der Waals surface area contributed by atoms with Gasteiger partial charge in [0.1, 0.15) is 11.9 Å². The lowest BCUT2D eigenvalue weighted by atomic mass is 9.66. The number of aromatic nitrogens is 2. The highest BCUT2D eigenvalue weighted by Gasteiger charge is 2.38. The van der Waals surface area contributed by atoms with E-state index in [1.807, 2.05) is 6.20 Å². The zero-order valence-corrected chi connectivity index (χ0v) is 11.2. The van der Waals surface area contributed by atoms with Gasteiger partial charge in [0.05, 0.1) is 0 Å². The van der Waals surface area contributed by atoms with Gasteiger partial charge in [0.2, 0.25) is 0 Å². The normalized spacial score (nSPS) is 25.8. The zero-order chi connectivity index (χ0) is 12.5. The van der Waals surface area contributed by atoms with Gasteiger partial charge >= 0.3 is 0 Å². The number of aryl methyl sites for hydroxylation is 1. The van der Waals surface area contributed by atoms with Crippen LogP contribution < -0.4 is 0 Å². The molecule has 2 unspecified atom stereocenters. The second kappa shape index (κ2) is 4.81. The third-order valence-electron chi connectivity index (χ3n) is 4.32. The molecule has 0 aromatic carbocycles. The summed E-state index contributed by atoms with van der Waals surface area (Å²) < 4.78 is 2.05. The van der Waals surface area contributed by atoms with Gasteiger partial charge in [0.15, 0.2) is 0 Å². The molecule has 17 heavy (non-hydrogen) atoms. The molecule has 0 radical (unpaired) electrons. The minimum atomic E-state index is -0.416. The van der Waals surface area contributed by atoms with E-state index in [-0.39, 0.29) is 5.41 Å². The fraction of sp³-hybridized carbons (Fsp3) is 0.786. The number of imidazole rings is 1. The second-order valence-electron chi connectivity index (χ2n) is 5.86. The second-order valence-corrected chi connectivity index (χ2v) is 5.86. The first kappa shape index (κ1) is 12.6. The molecule has 0 amide bonds. The number of hydrogen-bond donors (Lipinski definition) is 1. The number of rotatable bonds is 3. The number of aliphatic hydroxyl groups excluding tert-OH is 1. The number of aliphatic hydroxyl groups is 1. The summed E-state index contributed by atoms with van der Waals surface area (Å²) in [6.07, 6.45) is 8.18. The molecule has 1 aliphatic carbocycles. The van der Waals surface area contributed by atoms with E-state index < -0.39 is 6.10 Å². The van der Waals surface area contributed by atoms with Crippen LogP contribution in [0.1, 0.15) is 58.4 Å². The molecule has 1 saturated carbocycles. The van der Waals surface area contributed by atoms with Crippen LogP contribution in [0.5, 0.6) is 0 Å². The third kappa shape index (κ3) is 2.39. The smallest absolute Gasteiger partial charge is 0.137 e. The molecule has 1 heterocycles. The summed E-state index contributed by atoms with van der Waals surface area (Å²) in [5.41, 5.74) is 0.224. The van der Waals surface area contributed by atoms with Gasteiger partial charge in [-0.15, -0.1) is 0 Å². The monoisotopic (exact) mass is 236 g/mol. The predicted octanol–water partition coefficient (Wildman–Crippen LogP) is 3.15. The molecule has 2 rings (SSSR count). The van der Waals surface area contributed by atoms with E-state index in [1.165, 1.54) is 19.3 Å². The molecule has 1 aliphatic rings. The van der Waals surface area contributed by atoms with E-state index in [0.717, 1.165) is 18.8 Å². The van der Waals surface area contributed by atoms with Crippen molar-refractivity contribution in [3.8, 4) is 0 Å². The molecular formula is C14H24N2O. The summed E-state index contributed by atoms with van der Waals surface area (Å²) in [6.45, 7) is 7.52. The van der Waals surface area contributed by atoms with E-state index in [9.17, 15) is 5.11 Å². The molecule has 3 heteroatoms. The molecular weight excluding hydrogens is 212 g/mol. The summed E-state index contributed by atoms with van der Waals surface area (Å²) in [5, 5.41) is 10.6. The number of hydrogen-bond acceptors (Lipinski definition) is 2. The Morgan fingerprint density at radius 1 is 1.53 bits per heavy atom. The fourth-order valence-corrected chi connectivity index (χ4v) is 3.14. The largest absolute Gasteiger partial charge is 0.385 e. The molecule has 2 atom stereocenters. The van der Waals surface area contributed by atoms with E-state index in [0.29, 0.717) is 5.92 Å². The maximum absolute atomic E-state index is 10.6. The van der Waals surface area contributed by atoms with Gasteiger partial charge in [-0.1, -0.05) is 26.7 Å². The Kier molecular flexibility index (Phi) is 3.57. The Labute approximate surface area is 104 Å². The third-order valence-corrected chi connectivity index (χ3v) is 4.32. The molecule has 96 valence electrons. The number of nitrogens with zero attached hydrogens (tertiary/aromatic N) is 2. The Morgan fingerprint density at radius 2 is 2.29 bits per heavy atom. The predicted molar refractivity (Wildman–Crippen MR) is 68.6 cm³/mol. The quantitative estimate of drug-likeness (QED) is 0.875. The molecule has 1 N–H and O–H groups in total. The van der Waals surface area contributed by atoms with E-state index >= 15 is 0 Å². The Balaban J connectivity index is 2.21. The van der Waals surface area contributed by atoms with Crippen LogP contribution in [0.2, 0.25) is 0 Å². The molecule has 1 aromatic rings. The minimum Gasteiger partial charge on any atom is -0.385 e. The van der Waals surface area contributed by atoms with E-state index in [1.54, 1.807) is 6.20 Å². The van der Waals surface area contributed by atoms with Crippen LogP contribution in [0, 0.1) is 11.3 Å². The van der Waals surface area contributed by atoms with Gasteiger partial charge in [-0.2, -0.15) is 0 Å². The summed E-state index contributed by atoms with van der Waals surface area (Å²) in [5.74, 6) is 1.18. The molecule has 3 nitrogen and oxygen atoms in total. The average molecular weight is 236 g/mol. The first-order valence-electron chi connectivity index (χ1n) is 6.75. The fourth-order valence-electron chi connectivity index (χ4n) is 3.14. The van der Waals surface area contributed by atoms with Crippen LogP contribution in [-0.2, 0) is 6.54 Å². The van der Waals surface area contributed by atoms with Crippen molar-refractivity contribution < 1.29 is 5.11 Å². The van der Waals surface area contributed by atoms with Crippen molar-refractivity contribution in [1.29, 1.82) is 0 Å². The van der Waals surface area contributed by atoms with E-state index in [2.05, 4.69) is 30.3 Å². The summed E-state index contributed by atoms with van der Waals surface area (Å²) in [4.78, 5) is 4.34. The maximum atomic E-state index is 10.6. The van der Waals surface area contributed by atoms with Crippen molar-refractivity contribution in [1.82, 2.24) is 9.55 Å². The molecule has 1 fully saturated rings. The van der Waals surface area contributed by atoms with Crippen molar-refractivity contribution in [3.63, 3.8) is 0 Å². The Morgan fingerprint density at radius 3 is 2.94 bits per heavy atom. The van der Waals surface area contributed by atoms with Gasteiger partial charge in [-0.05, 0) is 31.1 Å².